The highest BCUT2D eigenvalue weighted by molar-refractivity contribution is 7.88. The molecule has 4 amide bonds. The normalized spacial score (nSPS) is 20.6. The number of sulfonamides is 1. The number of carbonyl (C=O) groups is 5. The van der Waals surface area contributed by atoms with Crippen molar-refractivity contribution in [3.05, 3.63) is 98.2 Å². The summed E-state index contributed by atoms with van der Waals surface area (Å²) in [5.74, 6) is -8.95. The van der Waals surface area contributed by atoms with Gasteiger partial charge in [0, 0.05) is 49.5 Å². The summed E-state index contributed by atoms with van der Waals surface area (Å²) >= 11 is 7.35. The molecule has 0 bridgehead atoms. The number of imide groups is 1. The first-order valence-electron chi connectivity index (χ1n) is 21.9. The van der Waals surface area contributed by atoms with Gasteiger partial charge in [0.1, 0.15) is 11.1 Å². The van der Waals surface area contributed by atoms with Crippen LogP contribution in [0.15, 0.2) is 71.5 Å². The SMILES string of the molecule is Cn1c(=O)n([C@@H]2CCC(=O)NC2=O)c2ccc([C@@H]3CCN(C(=O)Nc4cccc(CS(=O)(=O)N5CC[C@H](Nc6cccc(-c7sc(C(=O)O)c(OCC(=O)O)c7Cl)c6)CC5(C)C)c4)CC3(F)F)cc21. The highest BCUT2D eigenvalue weighted by atomic mass is 35.5. The Labute approximate surface area is 402 Å². The minimum absolute atomic E-state index is 0.0250. The lowest BCUT2D eigenvalue weighted by atomic mass is 9.86. The highest BCUT2D eigenvalue weighted by Gasteiger charge is 2.47. The first kappa shape index (κ1) is 49.1. The summed E-state index contributed by atoms with van der Waals surface area (Å²) in [7, 11) is -2.45. The Morgan fingerprint density at radius 2 is 1.70 bits per heavy atom. The molecule has 5 aromatic rings. The van der Waals surface area contributed by atoms with E-state index in [2.05, 4.69) is 16.0 Å². The maximum atomic E-state index is 16.0. The van der Waals surface area contributed by atoms with Crippen LogP contribution in [0, 0.1) is 0 Å². The van der Waals surface area contributed by atoms with Gasteiger partial charge in [-0.05, 0) is 92.6 Å². The topological polar surface area (TPSA) is 239 Å². The summed E-state index contributed by atoms with van der Waals surface area (Å²) in [6.45, 7) is 2.12. The van der Waals surface area contributed by atoms with Crippen LogP contribution in [0.25, 0.3) is 21.5 Å². The van der Waals surface area contributed by atoms with Gasteiger partial charge in [-0.2, -0.15) is 4.31 Å². The molecule has 3 aromatic carbocycles. The zero-order valence-electron chi connectivity index (χ0n) is 37.5. The second-order valence-electron chi connectivity index (χ2n) is 18.0. The number of aryl methyl sites for hydroxylation is 1. The van der Waals surface area contributed by atoms with Crippen molar-refractivity contribution in [3.63, 3.8) is 0 Å². The molecular formula is C46H48ClF2N7O11S2. The Hall–Kier alpha value is -6.36. The number of ether oxygens (including phenoxy) is 1. The molecule has 0 saturated carbocycles. The fraction of sp³-hybridized carbons (Fsp3) is 0.391. The second kappa shape index (κ2) is 18.9. The number of imidazole rings is 1. The monoisotopic (exact) mass is 1010 g/mol. The smallest absolute Gasteiger partial charge is 0.349 e. The predicted molar refractivity (Wildman–Crippen MR) is 253 cm³/mol. The number of fused-ring (bicyclic) bond motifs is 1. The van der Waals surface area contributed by atoms with E-state index in [9.17, 15) is 42.3 Å². The summed E-state index contributed by atoms with van der Waals surface area (Å²) < 4.78 is 69.2. The molecule has 0 spiro atoms. The van der Waals surface area contributed by atoms with Crippen LogP contribution in [-0.4, -0.2) is 110 Å². The van der Waals surface area contributed by atoms with Crippen molar-refractivity contribution in [1.82, 2.24) is 23.7 Å². The molecule has 5 heterocycles. The number of carboxylic acid groups (broad SMARTS) is 2. The van der Waals surface area contributed by atoms with Gasteiger partial charge in [-0.15, -0.1) is 11.3 Å². The summed E-state index contributed by atoms with van der Waals surface area (Å²) in [6.07, 6.45) is 0.927. The van der Waals surface area contributed by atoms with Crippen LogP contribution in [0.4, 0.5) is 25.0 Å². The number of likely N-dealkylation sites (tertiary alicyclic amines) is 1. The average molecular weight is 1010 g/mol. The van der Waals surface area contributed by atoms with Crippen molar-refractivity contribution in [3.8, 4) is 16.2 Å². The molecule has 3 aliphatic rings. The third kappa shape index (κ3) is 10.1. The molecular weight excluding hydrogens is 964 g/mol. The minimum Gasteiger partial charge on any atom is -0.479 e. The van der Waals surface area contributed by atoms with E-state index in [0.29, 0.717) is 45.6 Å². The predicted octanol–water partition coefficient (Wildman–Crippen LogP) is 6.70. The quantitative estimate of drug-likeness (QED) is 0.0775. The van der Waals surface area contributed by atoms with Gasteiger partial charge in [-0.3, -0.25) is 24.0 Å². The molecule has 5 N–H and O–H groups in total. The Morgan fingerprint density at radius 3 is 2.39 bits per heavy atom. The van der Waals surface area contributed by atoms with Crippen molar-refractivity contribution < 1.29 is 56.1 Å². The van der Waals surface area contributed by atoms with E-state index in [1.54, 1.807) is 36.4 Å². The number of aromatic carboxylic acids is 1. The number of piperidine rings is 3. The number of hydrogen-bond donors (Lipinski definition) is 5. The summed E-state index contributed by atoms with van der Waals surface area (Å²) in [6, 6.07) is 15.9. The zero-order valence-corrected chi connectivity index (χ0v) is 39.9. The number of nitrogens with one attached hydrogen (secondary N) is 3. The minimum atomic E-state index is -3.93. The Bertz CT molecular complexity index is 3080. The number of amides is 4. The number of alkyl halides is 2. The van der Waals surface area contributed by atoms with Gasteiger partial charge in [0.2, 0.25) is 21.8 Å². The van der Waals surface area contributed by atoms with Gasteiger partial charge >= 0.3 is 23.7 Å². The van der Waals surface area contributed by atoms with Gasteiger partial charge in [0.25, 0.3) is 5.92 Å². The van der Waals surface area contributed by atoms with Crippen LogP contribution in [0.1, 0.15) is 78.7 Å². The van der Waals surface area contributed by atoms with Crippen LogP contribution in [-0.2, 0) is 37.2 Å². The number of hydrogen-bond acceptors (Lipinski definition) is 11. The number of carboxylic acids is 2. The van der Waals surface area contributed by atoms with Gasteiger partial charge in [-0.1, -0.05) is 41.9 Å². The molecule has 366 valence electrons. The molecule has 69 heavy (non-hydrogen) atoms. The molecule has 23 heteroatoms. The van der Waals surface area contributed by atoms with Crippen molar-refractivity contribution in [2.45, 2.75) is 81.2 Å². The van der Waals surface area contributed by atoms with Crippen LogP contribution in [0.3, 0.4) is 0 Å². The number of benzene rings is 3. The first-order valence-corrected chi connectivity index (χ1v) is 24.7. The molecule has 3 atom stereocenters. The Kier molecular flexibility index (Phi) is 13.4. The maximum absolute atomic E-state index is 16.0. The molecule has 3 saturated heterocycles. The second-order valence-corrected chi connectivity index (χ2v) is 21.3. The average Bonchev–Trinajstić information content (AvgIpc) is 3.73. The van der Waals surface area contributed by atoms with E-state index in [1.807, 2.05) is 19.9 Å². The van der Waals surface area contributed by atoms with Gasteiger partial charge in [-0.25, -0.2) is 36.4 Å². The fourth-order valence-electron chi connectivity index (χ4n) is 9.57. The zero-order chi connectivity index (χ0) is 49.7. The Balaban J connectivity index is 0.882. The lowest BCUT2D eigenvalue weighted by molar-refractivity contribution is -0.139. The highest BCUT2D eigenvalue weighted by Crippen LogP contribution is 2.46. The number of nitrogens with zero attached hydrogens (tertiary/aromatic N) is 4. The van der Waals surface area contributed by atoms with Crippen molar-refractivity contribution in [2.75, 3.05) is 36.9 Å². The van der Waals surface area contributed by atoms with E-state index in [-0.39, 0.29) is 65.3 Å². The Morgan fingerprint density at radius 1 is 0.957 bits per heavy atom. The van der Waals surface area contributed by atoms with Crippen molar-refractivity contribution in [2.24, 2.45) is 7.05 Å². The lowest BCUT2D eigenvalue weighted by Gasteiger charge is -2.45. The number of urea groups is 1. The van der Waals surface area contributed by atoms with E-state index in [0.717, 1.165) is 16.2 Å². The van der Waals surface area contributed by atoms with Crippen LogP contribution in [0.5, 0.6) is 5.75 Å². The van der Waals surface area contributed by atoms with E-state index in [1.165, 1.54) is 44.8 Å². The lowest BCUT2D eigenvalue weighted by Crippen LogP contribution is -2.55. The van der Waals surface area contributed by atoms with Gasteiger partial charge < -0.3 is 30.5 Å². The van der Waals surface area contributed by atoms with Crippen molar-refractivity contribution >= 4 is 85.2 Å². The number of carbonyl (C=O) groups excluding carboxylic acids is 3. The number of aromatic nitrogens is 2. The fourth-order valence-corrected chi connectivity index (χ4v) is 12.9. The van der Waals surface area contributed by atoms with Gasteiger partial charge in [0.15, 0.2) is 17.2 Å². The molecule has 8 rings (SSSR count). The number of halogens is 3. The van der Waals surface area contributed by atoms with Crippen LogP contribution >= 0.6 is 22.9 Å². The largest absolute Gasteiger partial charge is 0.479 e. The summed E-state index contributed by atoms with van der Waals surface area (Å²) in [5, 5.41) is 27.1. The number of rotatable bonds is 13. The maximum Gasteiger partial charge on any atom is 0.349 e. The third-order valence-electron chi connectivity index (χ3n) is 12.7. The van der Waals surface area contributed by atoms with Crippen molar-refractivity contribution in [1.29, 1.82) is 0 Å². The van der Waals surface area contributed by atoms with E-state index >= 15 is 8.78 Å². The van der Waals surface area contributed by atoms with Crippen LogP contribution < -0.4 is 26.4 Å². The molecule has 0 aliphatic carbocycles. The number of thiophene rings is 1. The first-order chi connectivity index (χ1) is 32.5. The molecule has 3 aliphatic heterocycles. The molecule has 18 nitrogen and oxygen atoms in total. The van der Waals surface area contributed by atoms with E-state index in [4.69, 9.17) is 21.4 Å². The van der Waals surface area contributed by atoms with E-state index < -0.39 is 87.8 Å². The number of anilines is 2. The number of aliphatic carboxylic acids is 1. The third-order valence-corrected chi connectivity index (χ3v) is 16.5. The van der Waals surface area contributed by atoms with Gasteiger partial charge in [0.05, 0.1) is 34.1 Å². The van der Waals surface area contributed by atoms with Crippen LogP contribution in [0.2, 0.25) is 5.02 Å². The standard InChI is InChI=1S/C46H48ClF2N7O11S2/c1-45(2)21-30(50-29-9-5-7-27(19-29)39-37(47)38(67-22-36(58)59)40(68-39)42(61)62)14-17-55(45)69(65,66)23-25-6-4-8-28(18-25)51-43(63)54-16-15-31(46(48,49)24-54)26-10-11-32-34(20-26)53(3)44(64)56(32)33-12-13-35(57)52-41(33)60/h4-11,18-20,30-31,33,50H,12-17,21-24H2,1-3H3,(H,51,63)(H,58,59)(H,61,62)(H,52,57,60)/t30-,31-,33+/m0/s1. The molecule has 0 unspecified atom stereocenters. The molecule has 0 radical (unpaired) electrons. The summed E-state index contributed by atoms with van der Waals surface area (Å²) in [5.41, 5.74) is 1.42. The summed E-state index contributed by atoms with van der Waals surface area (Å²) in [4.78, 5) is 75.1. The molecule has 3 fully saturated rings. The molecule has 2 aromatic heterocycles.